The van der Waals surface area contributed by atoms with E-state index >= 15 is 0 Å². The van der Waals surface area contributed by atoms with Crippen LogP contribution in [0.4, 0.5) is 5.69 Å². The van der Waals surface area contributed by atoms with Crippen LogP contribution in [0.15, 0.2) is 42.5 Å². The molecule has 1 heterocycles. The number of nitrogens with zero attached hydrogens (tertiary/aromatic N) is 1. The predicted octanol–water partition coefficient (Wildman–Crippen LogP) is 4.09. The van der Waals surface area contributed by atoms with Crippen LogP contribution in [0.2, 0.25) is 0 Å². The van der Waals surface area contributed by atoms with E-state index in [4.69, 9.17) is 4.74 Å². The first-order valence-corrected chi connectivity index (χ1v) is 12.4. The lowest BCUT2D eigenvalue weighted by Gasteiger charge is -2.35. The number of amides is 1. The van der Waals surface area contributed by atoms with Gasteiger partial charge in [-0.15, -0.1) is 0 Å². The van der Waals surface area contributed by atoms with Crippen LogP contribution in [-0.2, 0) is 20.2 Å². The summed E-state index contributed by atoms with van der Waals surface area (Å²) in [5.74, 6) is 0.0693. The second kappa shape index (κ2) is 8.54. The quantitative estimate of drug-likeness (QED) is 0.754. The van der Waals surface area contributed by atoms with Crippen molar-refractivity contribution in [3.8, 4) is 5.75 Å². The average molecular weight is 445 g/mol. The van der Waals surface area contributed by atoms with Crippen LogP contribution < -0.4 is 14.4 Å². The molecule has 0 aliphatic carbocycles. The first-order valence-electron chi connectivity index (χ1n) is 10.6. The van der Waals surface area contributed by atoms with Gasteiger partial charge < -0.3 is 10.1 Å². The number of nitrogens with one attached hydrogen (secondary N) is 1. The number of carbonyl (C=O) groups excluding carboxylic acids is 1. The number of carbonyl (C=O) groups is 1. The number of aryl methyl sites for hydroxylation is 1. The molecule has 2 unspecified atom stereocenters. The standard InChI is InChI=1S/C24H32N2O4S/c1-7-19(17-10-8-16(2)9-11-17)25-23(27)22-15-26(31(6,28)29)20-14-18(24(3,4)5)12-13-21(20)30-22/h8-14,19,22H,7,15H2,1-6H3,(H,25,27). The lowest BCUT2D eigenvalue weighted by Crippen LogP contribution is -2.51. The summed E-state index contributed by atoms with van der Waals surface area (Å²) in [5, 5.41) is 3.03. The molecule has 0 fully saturated rings. The number of hydrogen-bond acceptors (Lipinski definition) is 4. The Morgan fingerprint density at radius 3 is 2.39 bits per heavy atom. The Kier molecular flexibility index (Phi) is 6.37. The van der Waals surface area contributed by atoms with E-state index in [1.54, 1.807) is 6.07 Å². The molecule has 0 radical (unpaired) electrons. The fourth-order valence-corrected chi connectivity index (χ4v) is 4.56. The van der Waals surface area contributed by atoms with Crippen molar-refractivity contribution in [3.63, 3.8) is 0 Å². The summed E-state index contributed by atoms with van der Waals surface area (Å²) < 4.78 is 32.3. The average Bonchev–Trinajstić information content (AvgIpc) is 2.70. The zero-order valence-electron chi connectivity index (χ0n) is 19.1. The molecular weight excluding hydrogens is 412 g/mol. The smallest absolute Gasteiger partial charge is 0.263 e. The van der Waals surface area contributed by atoms with E-state index in [1.165, 1.54) is 4.31 Å². The number of sulfonamides is 1. The lowest BCUT2D eigenvalue weighted by molar-refractivity contribution is -0.128. The molecule has 2 aromatic carbocycles. The molecule has 0 saturated carbocycles. The van der Waals surface area contributed by atoms with Crippen molar-refractivity contribution in [1.82, 2.24) is 5.32 Å². The Morgan fingerprint density at radius 1 is 1.19 bits per heavy atom. The molecule has 168 valence electrons. The molecule has 0 saturated heterocycles. The van der Waals surface area contributed by atoms with Gasteiger partial charge in [0.2, 0.25) is 10.0 Å². The van der Waals surface area contributed by atoms with E-state index in [-0.39, 0.29) is 23.9 Å². The van der Waals surface area contributed by atoms with Crippen LogP contribution in [0.5, 0.6) is 5.75 Å². The van der Waals surface area contributed by atoms with Crippen LogP contribution in [0.1, 0.15) is 56.8 Å². The van der Waals surface area contributed by atoms with E-state index in [0.717, 1.165) is 22.9 Å². The van der Waals surface area contributed by atoms with Crippen LogP contribution in [0.25, 0.3) is 0 Å². The number of rotatable bonds is 5. The third-order valence-corrected chi connectivity index (χ3v) is 6.74. The van der Waals surface area contributed by atoms with Crippen molar-refractivity contribution in [3.05, 3.63) is 59.2 Å². The van der Waals surface area contributed by atoms with Crippen molar-refractivity contribution in [2.45, 2.75) is 58.6 Å². The molecule has 1 N–H and O–H groups in total. The zero-order chi connectivity index (χ0) is 23.0. The fourth-order valence-electron chi connectivity index (χ4n) is 3.65. The molecule has 7 heteroatoms. The van der Waals surface area contributed by atoms with E-state index in [0.29, 0.717) is 17.9 Å². The lowest BCUT2D eigenvalue weighted by atomic mass is 9.86. The third kappa shape index (κ3) is 5.21. The summed E-state index contributed by atoms with van der Waals surface area (Å²) >= 11 is 0. The minimum Gasteiger partial charge on any atom is -0.476 e. The van der Waals surface area contributed by atoms with Gasteiger partial charge in [0.05, 0.1) is 24.5 Å². The van der Waals surface area contributed by atoms with Gasteiger partial charge in [0.15, 0.2) is 6.10 Å². The topological polar surface area (TPSA) is 75.7 Å². The van der Waals surface area contributed by atoms with Gasteiger partial charge in [0.1, 0.15) is 5.75 Å². The summed E-state index contributed by atoms with van der Waals surface area (Å²) in [5.41, 5.74) is 3.49. The minimum absolute atomic E-state index is 0.0599. The summed E-state index contributed by atoms with van der Waals surface area (Å²) in [6.45, 7) is 10.1. The number of benzene rings is 2. The number of anilines is 1. The van der Waals surface area contributed by atoms with Crippen molar-refractivity contribution in [2.24, 2.45) is 0 Å². The Labute approximate surface area is 185 Å². The Hall–Kier alpha value is -2.54. The molecule has 2 aromatic rings. The van der Waals surface area contributed by atoms with Gasteiger partial charge in [-0.2, -0.15) is 0 Å². The molecule has 31 heavy (non-hydrogen) atoms. The van der Waals surface area contributed by atoms with Gasteiger partial charge in [-0.1, -0.05) is 63.6 Å². The highest BCUT2D eigenvalue weighted by molar-refractivity contribution is 7.92. The Balaban J connectivity index is 1.88. The number of fused-ring (bicyclic) bond motifs is 1. The molecule has 1 aliphatic rings. The zero-order valence-corrected chi connectivity index (χ0v) is 19.9. The summed E-state index contributed by atoms with van der Waals surface area (Å²) in [7, 11) is -3.59. The molecule has 0 bridgehead atoms. The van der Waals surface area contributed by atoms with Crippen molar-refractivity contribution in [2.75, 3.05) is 17.1 Å². The monoisotopic (exact) mass is 444 g/mol. The van der Waals surface area contributed by atoms with Gasteiger partial charge >= 0.3 is 0 Å². The Bertz CT molecular complexity index is 1060. The van der Waals surface area contributed by atoms with Gasteiger partial charge in [-0.3, -0.25) is 9.10 Å². The van der Waals surface area contributed by atoms with Gasteiger partial charge in [-0.25, -0.2) is 8.42 Å². The normalized spacial score (nSPS) is 17.5. The van der Waals surface area contributed by atoms with Gasteiger partial charge in [0.25, 0.3) is 5.91 Å². The maximum absolute atomic E-state index is 13.1. The first kappa shape index (κ1) is 23.1. The van der Waals surface area contributed by atoms with Gasteiger partial charge in [0, 0.05) is 0 Å². The maximum Gasteiger partial charge on any atom is 0.263 e. The number of ether oxygens (including phenoxy) is 1. The Morgan fingerprint density at radius 2 is 1.84 bits per heavy atom. The third-order valence-electron chi connectivity index (χ3n) is 5.59. The van der Waals surface area contributed by atoms with Crippen molar-refractivity contribution in [1.29, 1.82) is 0 Å². The molecular formula is C24H32N2O4S. The highest BCUT2D eigenvalue weighted by Crippen LogP contribution is 2.38. The van der Waals surface area contributed by atoms with E-state index in [9.17, 15) is 13.2 Å². The minimum atomic E-state index is -3.59. The molecule has 0 aromatic heterocycles. The van der Waals surface area contributed by atoms with E-state index in [1.807, 2.05) is 50.2 Å². The molecule has 6 nitrogen and oxygen atoms in total. The van der Waals surface area contributed by atoms with Crippen molar-refractivity contribution < 1.29 is 17.9 Å². The number of hydrogen-bond donors (Lipinski definition) is 1. The highest BCUT2D eigenvalue weighted by atomic mass is 32.2. The second-order valence-electron chi connectivity index (χ2n) is 9.21. The van der Waals surface area contributed by atoms with Crippen LogP contribution in [0, 0.1) is 6.92 Å². The SMILES string of the molecule is CCC(NC(=O)C1CN(S(C)(=O)=O)c2cc(C(C)(C)C)ccc2O1)c1ccc(C)cc1. The molecule has 2 atom stereocenters. The summed E-state index contributed by atoms with van der Waals surface area (Å²) in [6, 6.07) is 13.4. The van der Waals surface area contributed by atoms with Crippen LogP contribution in [0.3, 0.4) is 0 Å². The summed E-state index contributed by atoms with van der Waals surface area (Å²) in [6.07, 6.45) is 0.937. The van der Waals surface area contributed by atoms with Crippen LogP contribution in [-0.4, -0.2) is 33.2 Å². The van der Waals surface area contributed by atoms with Crippen molar-refractivity contribution >= 4 is 21.6 Å². The fraction of sp³-hybridized carbons (Fsp3) is 0.458. The first-order chi connectivity index (χ1) is 14.4. The molecule has 3 rings (SSSR count). The molecule has 0 spiro atoms. The second-order valence-corrected chi connectivity index (χ2v) is 11.1. The largest absolute Gasteiger partial charge is 0.476 e. The predicted molar refractivity (Wildman–Crippen MR) is 124 cm³/mol. The molecule has 1 aliphatic heterocycles. The van der Waals surface area contributed by atoms with Gasteiger partial charge in [-0.05, 0) is 42.0 Å². The highest BCUT2D eigenvalue weighted by Gasteiger charge is 2.36. The maximum atomic E-state index is 13.1. The van der Waals surface area contributed by atoms with Crippen LogP contribution >= 0.6 is 0 Å². The summed E-state index contributed by atoms with van der Waals surface area (Å²) in [4.78, 5) is 13.1. The molecule has 1 amide bonds. The van der Waals surface area contributed by atoms with E-state index in [2.05, 4.69) is 26.1 Å². The van der Waals surface area contributed by atoms with E-state index < -0.39 is 16.1 Å².